The van der Waals surface area contributed by atoms with E-state index in [1.54, 1.807) is 0 Å². The summed E-state index contributed by atoms with van der Waals surface area (Å²) in [6.45, 7) is 4.43. The molecule has 3 heterocycles. The molecule has 84 valence electrons. The summed E-state index contributed by atoms with van der Waals surface area (Å²) in [5.41, 5.74) is 2.00. The van der Waals surface area contributed by atoms with Crippen LogP contribution in [0.3, 0.4) is 0 Å². The number of aromatic amines is 1. The highest BCUT2D eigenvalue weighted by Gasteiger charge is 2.32. The van der Waals surface area contributed by atoms with Crippen LogP contribution in [0.1, 0.15) is 29.0 Å². The molecule has 3 rings (SSSR count). The van der Waals surface area contributed by atoms with E-state index >= 15 is 0 Å². The van der Waals surface area contributed by atoms with Gasteiger partial charge in [0, 0.05) is 13.0 Å². The Morgan fingerprint density at radius 3 is 3.00 bits per heavy atom. The van der Waals surface area contributed by atoms with Crippen molar-refractivity contribution in [3.8, 4) is 5.75 Å². The number of oxazole rings is 1. The van der Waals surface area contributed by atoms with Crippen molar-refractivity contribution >= 4 is 15.9 Å². The zero-order valence-corrected chi connectivity index (χ0v) is 10.6. The number of hydrogen-bond acceptors (Lipinski definition) is 3. The summed E-state index contributed by atoms with van der Waals surface area (Å²) in [4.78, 5) is 7.53. The van der Waals surface area contributed by atoms with Crippen LogP contribution in [0.5, 0.6) is 5.75 Å². The molecule has 0 bridgehead atoms. The van der Waals surface area contributed by atoms with Gasteiger partial charge in [0.1, 0.15) is 18.1 Å². The third kappa shape index (κ3) is 1.38. The molecule has 1 aliphatic rings. The Morgan fingerprint density at radius 1 is 1.50 bits per heavy atom. The second-order valence-electron chi connectivity index (χ2n) is 3.94. The van der Waals surface area contributed by atoms with E-state index in [1.165, 1.54) is 0 Å². The van der Waals surface area contributed by atoms with E-state index in [0.29, 0.717) is 12.5 Å². The molecule has 0 saturated carbocycles. The summed E-state index contributed by atoms with van der Waals surface area (Å²) in [5.74, 6) is 2.62. The largest absolute Gasteiger partial charge is 0.490 e. The fourth-order valence-electron chi connectivity index (χ4n) is 2.13. The highest BCUT2D eigenvalue weighted by molar-refractivity contribution is 9.10. The summed E-state index contributed by atoms with van der Waals surface area (Å²) in [7, 11) is 0. The second kappa shape index (κ2) is 3.38. The van der Waals surface area contributed by atoms with Gasteiger partial charge in [-0.15, -0.1) is 0 Å². The Labute approximate surface area is 101 Å². The zero-order valence-electron chi connectivity index (χ0n) is 9.00. The third-order valence-electron chi connectivity index (χ3n) is 2.79. The highest BCUT2D eigenvalue weighted by Crippen LogP contribution is 2.40. The van der Waals surface area contributed by atoms with Crippen LogP contribution in [-0.4, -0.2) is 16.6 Å². The van der Waals surface area contributed by atoms with Gasteiger partial charge in [-0.25, -0.2) is 4.98 Å². The Balaban J connectivity index is 2.06. The Hall–Kier alpha value is -1.23. The number of H-pyrrole nitrogens is 1. The smallest absolute Gasteiger partial charge is 0.191 e. The molecule has 1 atom stereocenters. The molecule has 1 aliphatic heterocycles. The minimum Gasteiger partial charge on any atom is -0.490 e. The minimum absolute atomic E-state index is 0.127. The Kier molecular flexibility index (Phi) is 2.10. The number of nitrogens with one attached hydrogen (secondary N) is 1. The minimum atomic E-state index is 0.127. The molecular formula is C11H11BrN2O2. The number of nitrogens with zero attached hydrogens (tertiary/aromatic N) is 1. The third-order valence-corrected chi connectivity index (χ3v) is 3.21. The number of aryl methyl sites for hydroxylation is 2. The molecule has 1 unspecified atom stereocenters. The monoisotopic (exact) mass is 282 g/mol. The van der Waals surface area contributed by atoms with Gasteiger partial charge in [0.2, 0.25) is 0 Å². The lowest BCUT2D eigenvalue weighted by Gasteiger charge is -2.04. The Bertz CT molecular complexity index is 544. The summed E-state index contributed by atoms with van der Waals surface area (Å²) >= 11 is 3.40. The SMILES string of the molecule is Cc1nc(C)c(C2COc3cc(Br)[nH]c32)o1. The van der Waals surface area contributed by atoms with E-state index in [0.717, 1.165) is 27.5 Å². The van der Waals surface area contributed by atoms with Crippen LogP contribution in [0.2, 0.25) is 0 Å². The summed E-state index contributed by atoms with van der Waals surface area (Å²) in [6.07, 6.45) is 0. The van der Waals surface area contributed by atoms with Crippen LogP contribution in [0, 0.1) is 13.8 Å². The average molecular weight is 283 g/mol. The maximum absolute atomic E-state index is 5.64. The van der Waals surface area contributed by atoms with Gasteiger partial charge in [-0.3, -0.25) is 0 Å². The number of hydrogen-bond donors (Lipinski definition) is 1. The van der Waals surface area contributed by atoms with Crippen LogP contribution < -0.4 is 4.74 Å². The second-order valence-corrected chi connectivity index (χ2v) is 4.80. The van der Waals surface area contributed by atoms with E-state index in [2.05, 4.69) is 25.9 Å². The highest BCUT2D eigenvalue weighted by atomic mass is 79.9. The average Bonchev–Trinajstić information content (AvgIpc) is 2.80. The number of rotatable bonds is 1. The van der Waals surface area contributed by atoms with E-state index in [1.807, 2.05) is 19.9 Å². The first-order valence-electron chi connectivity index (χ1n) is 5.10. The standard InChI is InChI=1S/C11H11BrN2O2/c1-5-11(16-6(2)13-5)7-4-15-8-3-9(12)14-10(7)8/h3,7,14H,4H2,1-2H3. The fraction of sp³-hybridized carbons (Fsp3) is 0.364. The normalized spacial score (nSPS) is 18.6. The van der Waals surface area contributed by atoms with Crippen LogP contribution in [0.25, 0.3) is 0 Å². The molecule has 0 fully saturated rings. The first kappa shape index (κ1) is 9.96. The predicted molar refractivity (Wildman–Crippen MR) is 61.8 cm³/mol. The van der Waals surface area contributed by atoms with Crippen molar-refractivity contribution in [1.29, 1.82) is 0 Å². The zero-order chi connectivity index (χ0) is 11.3. The lowest BCUT2D eigenvalue weighted by atomic mass is 10.0. The number of aromatic nitrogens is 2. The van der Waals surface area contributed by atoms with Crippen molar-refractivity contribution in [2.75, 3.05) is 6.61 Å². The van der Waals surface area contributed by atoms with E-state index in [4.69, 9.17) is 9.15 Å². The molecule has 2 aromatic rings. The van der Waals surface area contributed by atoms with Crippen molar-refractivity contribution in [2.45, 2.75) is 19.8 Å². The van der Waals surface area contributed by atoms with Crippen LogP contribution >= 0.6 is 15.9 Å². The van der Waals surface area contributed by atoms with Gasteiger partial charge in [0.05, 0.1) is 21.9 Å². The van der Waals surface area contributed by atoms with Gasteiger partial charge in [-0.05, 0) is 22.9 Å². The lowest BCUT2D eigenvalue weighted by molar-refractivity contribution is 0.324. The number of halogens is 1. The van der Waals surface area contributed by atoms with Crippen LogP contribution in [-0.2, 0) is 0 Å². The molecule has 0 aromatic carbocycles. The molecule has 5 heteroatoms. The van der Waals surface area contributed by atoms with Gasteiger partial charge < -0.3 is 14.1 Å². The summed E-state index contributed by atoms with van der Waals surface area (Å²) < 4.78 is 12.2. The van der Waals surface area contributed by atoms with Crippen molar-refractivity contribution in [1.82, 2.24) is 9.97 Å². The molecule has 0 aliphatic carbocycles. The van der Waals surface area contributed by atoms with E-state index in [-0.39, 0.29) is 5.92 Å². The maximum atomic E-state index is 5.64. The molecular weight excluding hydrogens is 272 g/mol. The van der Waals surface area contributed by atoms with Gasteiger partial charge in [-0.1, -0.05) is 0 Å². The maximum Gasteiger partial charge on any atom is 0.191 e. The van der Waals surface area contributed by atoms with Crippen molar-refractivity contribution < 1.29 is 9.15 Å². The quantitative estimate of drug-likeness (QED) is 0.875. The topological polar surface area (TPSA) is 51.0 Å². The van der Waals surface area contributed by atoms with Crippen LogP contribution in [0.15, 0.2) is 15.1 Å². The number of ether oxygens (including phenoxy) is 1. The van der Waals surface area contributed by atoms with Crippen molar-refractivity contribution in [2.24, 2.45) is 0 Å². The Morgan fingerprint density at radius 2 is 2.31 bits per heavy atom. The van der Waals surface area contributed by atoms with Gasteiger partial charge in [0.15, 0.2) is 5.89 Å². The van der Waals surface area contributed by atoms with Gasteiger partial charge >= 0.3 is 0 Å². The first-order valence-corrected chi connectivity index (χ1v) is 5.89. The first-order chi connectivity index (χ1) is 7.65. The van der Waals surface area contributed by atoms with E-state index in [9.17, 15) is 0 Å². The predicted octanol–water partition coefficient (Wildman–Crippen LogP) is 2.91. The molecule has 0 spiro atoms. The molecule has 0 saturated heterocycles. The van der Waals surface area contributed by atoms with Crippen molar-refractivity contribution in [3.63, 3.8) is 0 Å². The van der Waals surface area contributed by atoms with Gasteiger partial charge in [-0.2, -0.15) is 0 Å². The molecule has 1 N–H and O–H groups in total. The molecule has 4 nitrogen and oxygen atoms in total. The van der Waals surface area contributed by atoms with Crippen molar-refractivity contribution in [3.05, 3.63) is 33.7 Å². The summed E-state index contributed by atoms with van der Waals surface area (Å²) in [5, 5.41) is 0. The van der Waals surface area contributed by atoms with E-state index < -0.39 is 0 Å². The van der Waals surface area contributed by atoms with Gasteiger partial charge in [0.25, 0.3) is 0 Å². The van der Waals surface area contributed by atoms with Crippen LogP contribution in [0.4, 0.5) is 0 Å². The molecule has 16 heavy (non-hydrogen) atoms. The molecule has 0 radical (unpaired) electrons. The lowest BCUT2D eigenvalue weighted by Crippen LogP contribution is -2.04. The summed E-state index contributed by atoms with van der Waals surface area (Å²) in [6, 6.07) is 1.94. The molecule has 0 amide bonds. The fourth-order valence-corrected chi connectivity index (χ4v) is 2.55. The number of fused-ring (bicyclic) bond motifs is 1. The molecule has 2 aromatic heterocycles.